The maximum absolute atomic E-state index is 13.0. The van der Waals surface area contributed by atoms with Crippen molar-refractivity contribution < 1.29 is 19.0 Å². The lowest BCUT2D eigenvalue weighted by molar-refractivity contribution is 0.203. The van der Waals surface area contributed by atoms with Gasteiger partial charge in [-0.05, 0) is 76.5 Å². The monoisotopic (exact) mass is 590 g/mol. The molecule has 2 aromatic carbocycles. The highest BCUT2D eigenvalue weighted by atomic mass is 16.5. The van der Waals surface area contributed by atoms with Gasteiger partial charge in [-0.3, -0.25) is 4.98 Å². The van der Waals surface area contributed by atoms with Crippen LogP contribution in [0.15, 0.2) is 42.6 Å². The molecule has 3 aromatic rings. The van der Waals surface area contributed by atoms with E-state index in [1.807, 2.05) is 61.3 Å². The number of fused-ring (bicyclic) bond motifs is 1. The number of piperazine rings is 1. The molecule has 0 unspecified atom stereocenters. The number of nitrogens with one attached hydrogen (secondary N) is 1. The molecule has 2 aliphatic rings. The number of anilines is 2. The molecule has 0 aliphatic carbocycles. The second-order valence-electron chi connectivity index (χ2n) is 11.6. The lowest BCUT2D eigenvalue weighted by Gasteiger charge is -2.37. The summed E-state index contributed by atoms with van der Waals surface area (Å²) in [4.78, 5) is 24.4. The molecule has 0 saturated carbocycles. The van der Waals surface area contributed by atoms with Gasteiger partial charge in [0.2, 0.25) is 0 Å². The highest BCUT2D eigenvalue weighted by Crippen LogP contribution is 2.38. The minimum Gasteiger partial charge on any atom is -0.493 e. The Morgan fingerprint density at radius 1 is 1.00 bits per heavy atom. The van der Waals surface area contributed by atoms with Gasteiger partial charge in [0.25, 0.3) is 0 Å². The van der Waals surface area contributed by atoms with Crippen molar-refractivity contribution in [1.29, 1.82) is 0 Å². The molecule has 3 heterocycles. The van der Waals surface area contributed by atoms with E-state index in [0.717, 1.165) is 46.6 Å². The summed E-state index contributed by atoms with van der Waals surface area (Å²) in [5.41, 5.74) is 9.77. The van der Waals surface area contributed by atoms with E-state index < -0.39 is 0 Å². The second kappa shape index (κ2) is 14.6. The number of methoxy groups -OCH3 is 1. The number of nitrogens with zero attached hydrogens (tertiary/aromatic N) is 4. The maximum atomic E-state index is 13.0. The number of nitrogens with two attached hydrogens (primary N) is 1. The van der Waals surface area contributed by atoms with E-state index in [0.29, 0.717) is 50.8 Å². The van der Waals surface area contributed by atoms with Gasteiger partial charge in [0.1, 0.15) is 5.75 Å². The van der Waals surface area contributed by atoms with Crippen LogP contribution in [0.2, 0.25) is 0 Å². The summed E-state index contributed by atoms with van der Waals surface area (Å²) in [5.74, 6) is 2.17. The van der Waals surface area contributed by atoms with Crippen LogP contribution in [-0.2, 0) is 6.54 Å². The number of rotatable bonds is 11. The second-order valence-corrected chi connectivity index (χ2v) is 11.6. The Kier molecular flexibility index (Phi) is 10.4. The van der Waals surface area contributed by atoms with Crippen LogP contribution in [0.3, 0.4) is 0 Å². The molecule has 0 radical (unpaired) electrons. The third-order valence-corrected chi connectivity index (χ3v) is 8.11. The van der Waals surface area contributed by atoms with Crippen LogP contribution in [0.5, 0.6) is 17.2 Å². The number of benzene rings is 2. The minimum atomic E-state index is -0.112. The van der Waals surface area contributed by atoms with Crippen molar-refractivity contribution in [2.24, 2.45) is 5.73 Å². The number of piperidine rings is 1. The lowest BCUT2D eigenvalue weighted by Crippen LogP contribution is -2.50. The fourth-order valence-corrected chi connectivity index (χ4v) is 5.90. The number of hydrogen-bond donors (Lipinski definition) is 2. The Morgan fingerprint density at radius 3 is 2.42 bits per heavy atom. The van der Waals surface area contributed by atoms with Crippen LogP contribution in [-0.4, -0.2) is 86.4 Å². The average molecular weight is 591 g/mol. The first-order valence-electron chi connectivity index (χ1n) is 15.6. The number of ether oxygens (including phenoxy) is 3. The van der Waals surface area contributed by atoms with Crippen molar-refractivity contribution in [3.8, 4) is 17.2 Å². The fraction of sp³-hybridized carbons (Fsp3) is 0.515. The third kappa shape index (κ3) is 7.80. The molecule has 232 valence electrons. The average Bonchev–Trinajstić information content (AvgIpc) is 3.03. The highest BCUT2D eigenvalue weighted by Gasteiger charge is 2.25. The topological polar surface area (TPSA) is 105 Å². The number of pyridine rings is 1. The quantitative estimate of drug-likeness (QED) is 0.297. The van der Waals surface area contributed by atoms with Gasteiger partial charge in [0, 0.05) is 68.2 Å². The molecule has 0 spiro atoms. The third-order valence-electron chi connectivity index (χ3n) is 8.11. The maximum Gasteiger partial charge on any atom is 0.321 e. The van der Waals surface area contributed by atoms with Gasteiger partial charge in [0.15, 0.2) is 11.5 Å². The SMILES string of the molecule is COc1cc2c(N3CCN(C(=O)Nc4ccc(OC(C)C)cc4)CC3)c(CN)cnc2cc1OCCCN1CCCCC1. The number of aromatic nitrogens is 1. The number of likely N-dealkylation sites (tertiary alicyclic amines) is 1. The molecule has 10 nitrogen and oxygen atoms in total. The van der Waals surface area contributed by atoms with E-state index in [2.05, 4.69) is 15.1 Å². The molecular weight excluding hydrogens is 544 g/mol. The number of carbonyl (C=O) groups is 1. The molecule has 1 aromatic heterocycles. The van der Waals surface area contributed by atoms with E-state index in [1.165, 1.54) is 32.4 Å². The molecule has 3 N–H and O–H groups in total. The Hall–Kier alpha value is -3.76. The molecule has 10 heteroatoms. The number of urea groups is 1. The summed E-state index contributed by atoms with van der Waals surface area (Å²) in [5, 5.41) is 3.98. The molecule has 2 aliphatic heterocycles. The van der Waals surface area contributed by atoms with Crippen molar-refractivity contribution in [3.63, 3.8) is 0 Å². The predicted molar refractivity (Wildman–Crippen MR) is 172 cm³/mol. The van der Waals surface area contributed by atoms with E-state index >= 15 is 0 Å². The van der Waals surface area contributed by atoms with Crippen molar-refractivity contribution in [1.82, 2.24) is 14.8 Å². The Balaban J connectivity index is 1.23. The number of amides is 2. The summed E-state index contributed by atoms with van der Waals surface area (Å²) in [6, 6.07) is 11.3. The normalized spacial score (nSPS) is 16.0. The van der Waals surface area contributed by atoms with Gasteiger partial charge in [-0.1, -0.05) is 6.42 Å². The van der Waals surface area contributed by atoms with Crippen LogP contribution >= 0.6 is 0 Å². The van der Waals surface area contributed by atoms with Crippen molar-refractivity contribution in [2.75, 3.05) is 69.7 Å². The Bertz CT molecular complexity index is 1350. The van der Waals surface area contributed by atoms with Crippen molar-refractivity contribution in [2.45, 2.75) is 52.2 Å². The zero-order valence-corrected chi connectivity index (χ0v) is 25.8. The highest BCUT2D eigenvalue weighted by molar-refractivity contribution is 5.96. The van der Waals surface area contributed by atoms with Crippen LogP contribution in [0.1, 0.15) is 45.1 Å². The van der Waals surface area contributed by atoms with E-state index in [1.54, 1.807) is 7.11 Å². The molecule has 0 bridgehead atoms. The van der Waals surface area contributed by atoms with Gasteiger partial charge < -0.3 is 40.0 Å². The number of carbonyl (C=O) groups excluding carboxylic acids is 1. The lowest BCUT2D eigenvalue weighted by atomic mass is 10.1. The smallest absolute Gasteiger partial charge is 0.321 e. The first kappa shape index (κ1) is 30.7. The van der Waals surface area contributed by atoms with Crippen molar-refractivity contribution >= 4 is 28.3 Å². The van der Waals surface area contributed by atoms with E-state index in [9.17, 15) is 4.79 Å². The molecule has 2 amide bonds. The zero-order valence-electron chi connectivity index (χ0n) is 25.8. The van der Waals surface area contributed by atoms with Gasteiger partial charge in [-0.15, -0.1) is 0 Å². The largest absolute Gasteiger partial charge is 0.493 e. The van der Waals surface area contributed by atoms with Crippen molar-refractivity contribution in [3.05, 3.63) is 48.2 Å². The zero-order chi connectivity index (χ0) is 30.2. The van der Waals surface area contributed by atoms with Gasteiger partial charge in [-0.25, -0.2) is 4.79 Å². The summed E-state index contributed by atoms with van der Waals surface area (Å²) < 4.78 is 17.7. The Morgan fingerprint density at radius 2 is 1.74 bits per heavy atom. The first-order valence-corrected chi connectivity index (χ1v) is 15.6. The number of hydrogen-bond acceptors (Lipinski definition) is 8. The van der Waals surface area contributed by atoms with Gasteiger partial charge >= 0.3 is 6.03 Å². The summed E-state index contributed by atoms with van der Waals surface area (Å²) >= 11 is 0. The van der Waals surface area contributed by atoms with E-state index in [-0.39, 0.29) is 12.1 Å². The molecule has 43 heavy (non-hydrogen) atoms. The molecule has 5 rings (SSSR count). The van der Waals surface area contributed by atoms with E-state index in [4.69, 9.17) is 24.9 Å². The molecule has 0 atom stereocenters. The van der Waals surface area contributed by atoms with Gasteiger partial charge in [0.05, 0.1) is 31.0 Å². The first-order chi connectivity index (χ1) is 20.9. The molecular formula is C33H46N6O4. The van der Waals surface area contributed by atoms with Crippen LogP contribution in [0.4, 0.5) is 16.2 Å². The Labute approximate surface area is 255 Å². The van der Waals surface area contributed by atoms with Crippen LogP contribution in [0.25, 0.3) is 10.9 Å². The molecule has 2 fully saturated rings. The van der Waals surface area contributed by atoms with Gasteiger partial charge in [-0.2, -0.15) is 0 Å². The summed E-state index contributed by atoms with van der Waals surface area (Å²) in [7, 11) is 1.67. The standard InChI is InChI=1S/C33H46N6O4/c1-24(2)43-27-10-8-26(9-11-27)36-33(40)39-17-15-38(16-18-39)32-25(22-34)23-35-29-21-31(30(41-3)20-28(29)32)42-19-7-14-37-12-5-4-6-13-37/h8-11,20-21,23-24H,4-7,12-19,22,34H2,1-3H3,(H,36,40). The summed E-state index contributed by atoms with van der Waals surface area (Å²) in [6.07, 6.45) is 6.87. The molecule has 2 saturated heterocycles. The fourth-order valence-electron chi connectivity index (χ4n) is 5.90. The minimum absolute atomic E-state index is 0.102. The van der Waals surface area contributed by atoms with Crippen LogP contribution < -0.4 is 30.2 Å². The summed E-state index contributed by atoms with van der Waals surface area (Å²) in [6.45, 7) is 10.9. The van der Waals surface area contributed by atoms with Crippen LogP contribution in [0, 0.1) is 0 Å². The predicted octanol–water partition coefficient (Wildman–Crippen LogP) is 5.10.